The second-order valence-electron chi connectivity index (χ2n) is 7.76. The van der Waals surface area contributed by atoms with Crippen molar-refractivity contribution >= 4 is 5.91 Å². The van der Waals surface area contributed by atoms with E-state index in [1.54, 1.807) is 18.3 Å². The number of rotatable bonds is 5. The Morgan fingerprint density at radius 3 is 2.56 bits per heavy atom. The first-order valence-corrected chi connectivity index (χ1v) is 9.42. The molecule has 2 aliphatic heterocycles. The van der Waals surface area contributed by atoms with Gasteiger partial charge >= 0.3 is 0 Å². The van der Waals surface area contributed by atoms with Crippen molar-refractivity contribution in [3.63, 3.8) is 0 Å². The lowest BCUT2D eigenvalue weighted by Crippen LogP contribution is -2.53. The summed E-state index contributed by atoms with van der Waals surface area (Å²) < 4.78 is 14.8. The number of amides is 1. The minimum atomic E-state index is -0.925. The summed E-state index contributed by atoms with van der Waals surface area (Å²) in [6, 6.07) is 6.50. The van der Waals surface area contributed by atoms with Gasteiger partial charge in [0.1, 0.15) is 17.2 Å². The number of hydrogen-bond acceptors (Lipinski definition) is 4. The summed E-state index contributed by atoms with van der Waals surface area (Å²) in [5, 5.41) is 14.1. The average Bonchev–Trinajstić information content (AvgIpc) is 3.17. The van der Waals surface area contributed by atoms with Gasteiger partial charge in [-0.3, -0.25) is 9.69 Å². The van der Waals surface area contributed by atoms with Crippen LogP contribution in [0.15, 0.2) is 36.7 Å². The van der Waals surface area contributed by atoms with Crippen molar-refractivity contribution in [2.45, 2.75) is 49.9 Å². The summed E-state index contributed by atoms with van der Waals surface area (Å²) in [4.78, 5) is 19.0. The van der Waals surface area contributed by atoms with Crippen LogP contribution < -0.4 is 5.32 Å². The van der Waals surface area contributed by atoms with E-state index in [1.807, 2.05) is 17.8 Å². The zero-order chi connectivity index (χ0) is 19.0. The Morgan fingerprint density at radius 1 is 1.30 bits per heavy atom. The van der Waals surface area contributed by atoms with Crippen molar-refractivity contribution in [2.24, 2.45) is 7.05 Å². The van der Waals surface area contributed by atoms with Crippen LogP contribution in [0.2, 0.25) is 0 Å². The molecule has 27 heavy (non-hydrogen) atoms. The third kappa shape index (κ3) is 3.61. The third-order valence-corrected chi connectivity index (χ3v) is 5.88. The summed E-state index contributed by atoms with van der Waals surface area (Å²) >= 11 is 0. The van der Waals surface area contributed by atoms with Crippen LogP contribution in [-0.4, -0.2) is 44.1 Å². The molecule has 2 aliphatic rings. The fourth-order valence-corrected chi connectivity index (χ4v) is 4.60. The first-order valence-electron chi connectivity index (χ1n) is 9.42. The summed E-state index contributed by atoms with van der Waals surface area (Å²) in [6.45, 7) is 0.715. The van der Waals surface area contributed by atoms with Crippen molar-refractivity contribution in [2.75, 3.05) is 6.54 Å². The lowest BCUT2D eigenvalue weighted by molar-refractivity contribution is -0.126. The van der Waals surface area contributed by atoms with Crippen LogP contribution in [0.4, 0.5) is 4.39 Å². The van der Waals surface area contributed by atoms with Gasteiger partial charge in [-0.2, -0.15) is 0 Å². The number of imidazole rings is 1. The van der Waals surface area contributed by atoms with Crippen LogP contribution in [-0.2, 0) is 24.0 Å². The standard InChI is InChI=1S/C20H25FN4O2/c1-24-9-8-22-19(24)20(27)10-16-6-7-17(11-20)25(16)13-18(26)23-12-14-2-4-15(21)5-3-14/h2-5,8-9,16-17,27H,6-7,10-13H2,1H3,(H,23,26)/t16-,17-/m0/s1. The number of piperidine rings is 1. The van der Waals surface area contributed by atoms with Crippen LogP contribution in [0.5, 0.6) is 0 Å². The Kier molecular flexibility index (Phi) is 4.74. The zero-order valence-electron chi connectivity index (χ0n) is 15.4. The molecule has 0 unspecified atom stereocenters. The highest BCUT2D eigenvalue weighted by molar-refractivity contribution is 5.78. The van der Waals surface area contributed by atoms with Gasteiger partial charge in [0.25, 0.3) is 0 Å². The molecular weight excluding hydrogens is 347 g/mol. The number of hydrogen-bond donors (Lipinski definition) is 2. The zero-order valence-corrected chi connectivity index (χ0v) is 15.4. The maximum Gasteiger partial charge on any atom is 0.234 e. The van der Waals surface area contributed by atoms with Crippen molar-refractivity contribution in [3.8, 4) is 0 Å². The van der Waals surface area contributed by atoms with E-state index < -0.39 is 5.60 Å². The van der Waals surface area contributed by atoms with E-state index in [0.717, 1.165) is 18.4 Å². The molecule has 6 nitrogen and oxygen atoms in total. The minimum Gasteiger partial charge on any atom is -0.382 e. The fourth-order valence-electron chi connectivity index (χ4n) is 4.60. The van der Waals surface area contributed by atoms with Gasteiger partial charge in [0.05, 0.1) is 6.54 Å². The molecule has 2 N–H and O–H groups in total. The quantitative estimate of drug-likeness (QED) is 0.838. The monoisotopic (exact) mass is 372 g/mol. The van der Waals surface area contributed by atoms with Gasteiger partial charge in [-0.15, -0.1) is 0 Å². The summed E-state index contributed by atoms with van der Waals surface area (Å²) in [5.74, 6) is 0.383. The molecule has 2 bridgehead atoms. The van der Waals surface area contributed by atoms with E-state index in [0.29, 0.717) is 31.8 Å². The molecule has 144 valence electrons. The van der Waals surface area contributed by atoms with Gasteiger partial charge in [0.15, 0.2) is 0 Å². The Bertz CT molecular complexity index is 806. The first-order chi connectivity index (χ1) is 12.9. The highest BCUT2D eigenvalue weighted by Gasteiger charge is 2.50. The molecule has 2 saturated heterocycles. The Balaban J connectivity index is 1.36. The molecule has 1 amide bonds. The number of aliphatic hydroxyl groups is 1. The number of benzene rings is 1. The topological polar surface area (TPSA) is 70.4 Å². The number of nitrogens with one attached hydrogen (secondary N) is 1. The van der Waals surface area contributed by atoms with E-state index in [-0.39, 0.29) is 23.8 Å². The second kappa shape index (κ2) is 7.05. The predicted molar refractivity (Wildman–Crippen MR) is 98.1 cm³/mol. The van der Waals surface area contributed by atoms with Gasteiger partial charge in [0, 0.05) is 38.1 Å². The lowest BCUT2D eigenvalue weighted by atomic mass is 9.85. The van der Waals surface area contributed by atoms with Crippen LogP contribution >= 0.6 is 0 Å². The molecule has 0 radical (unpaired) electrons. The number of aryl methyl sites for hydroxylation is 1. The average molecular weight is 372 g/mol. The normalized spacial score (nSPS) is 27.7. The van der Waals surface area contributed by atoms with Crippen LogP contribution in [0.3, 0.4) is 0 Å². The first kappa shape index (κ1) is 18.1. The largest absolute Gasteiger partial charge is 0.382 e. The summed E-state index contributed by atoms with van der Waals surface area (Å²) in [6.07, 6.45) is 6.74. The SMILES string of the molecule is Cn1ccnc1C1(O)C[C@@H]2CC[C@@H](C1)N2CC(=O)NCc1ccc(F)cc1. The van der Waals surface area contributed by atoms with Gasteiger partial charge in [-0.25, -0.2) is 9.37 Å². The molecule has 2 atom stereocenters. The molecule has 1 aromatic heterocycles. The molecule has 2 aromatic rings. The van der Waals surface area contributed by atoms with E-state index in [9.17, 15) is 14.3 Å². The minimum absolute atomic E-state index is 0.0429. The molecule has 0 saturated carbocycles. The van der Waals surface area contributed by atoms with Crippen molar-refractivity contribution in [1.82, 2.24) is 19.8 Å². The van der Waals surface area contributed by atoms with Gasteiger partial charge in [-0.05, 0) is 43.4 Å². The third-order valence-electron chi connectivity index (χ3n) is 5.88. The van der Waals surface area contributed by atoms with E-state index in [4.69, 9.17) is 0 Å². The molecule has 0 spiro atoms. The van der Waals surface area contributed by atoms with Crippen molar-refractivity contribution < 1.29 is 14.3 Å². The lowest BCUT2D eigenvalue weighted by Gasteiger charge is -2.43. The highest BCUT2D eigenvalue weighted by Crippen LogP contribution is 2.44. The number of carbonyl (C=O) groups excluding carboxylic acids is 1. The fraction of sp³-hybridized carbons (Fsp3) is 0.500. The maximum absolute atomic E-state index is 13.0. The van der Waals surface area contributed by atoms with E-state index >= 15 is 0 Å². The number of fused-ring (bicyclic) bond motifs is 2. The molecule has 7 heteroatoms. The van der Waals surface area contributed by atoms with Crippen molar-refractivity contribution in [1.29, 1.82) is 0 Å². The molecular formula is C20H25FN4O2. The van der Waals surface area contributed by atoms with Crippen molar-refractivity contribution in [3.05, 3.63) is 53.9 Å². The van der Waals surface area contributed by atoms with E-state index in [2.05, 4.69) is 15.2 Å². The highest BCUT2D eigenvalue weighted by atomic mass is 19.1. The Labute approximate surface area is 158 Å². The summed E-state index contributed by atoms with van der Waals surface area (Å²) in [7, 11) is 1.90. The maximum atomic E-state index is 13.0. The number of aromatic nitrogens is 2. The Hall–Kier alpha value is -2.25. The van der Waals surface area contributed by atoms with Crippen LogP contribution in [0, 0.1) is 5.82 Å². The van der Waals surface area contributed by atoms with Gasteiger partial charge in [0.2, 0.25) is 5.91 Å². The summed E-state index contributed by atoms with van der Waals surface area (Å²) in [5.41, 5.74) is -0.0546. The second-order valence-corrected chi connectivity index (χ2v) is 7.76. The van der Waals surface area contributed by atoms with Crippen LogP contribution in [0.25, 0.3) is 0 Å². The predicted octanol–water partition coefficient (Wildman–Crippen LogP) is 1.69. The number of carbonyl (C=O) groups is 1. The van der Waals surface area contributed by atoms with Gasteiger partial charge < -0.3 is 15.0 Å². The van der Waals surface area contributed by atoms with Gasteiger partial charge in [-0.1, -0.05) is 12.1 Å². The molecule has 4 rings (SSSR count). The molecule has 2 fully saturated rings. The molecule has 1 aromatic carbocycles. The smallest absolute Gasteiger partial charge is 0.234 e. The van der Waals surface area contributed by atoms with E-state index in [1.165, 1.54) is 12.1 Å². The molecule has 0 aliphatic carbocycles. The molecule has 3 heterocycles. The number of halogens is 1. The Morgan fingerprint density at radius 2 is 1.96 bits per heavy atom. The number of nitrogens with zero attached hydrogens (tertiary/aromatic N) is 3. The van der Waals surface area contributed by atoms with Crippen LogP contribution in [0.1, 0.15) is 37.1 Å².